The Kier molecular flexibility index (Phi) is 6.72. The first-order valence-corrected chi connectivity index (χ1v) is 11.7. The van der Waals surface area contributed by atoms with E-state index in [-0.39, 0.29) is 58.9 Å². The van der Waals surface area contributed by atoms with E-state index >= 15 is 0 Å². The van der Waals surface area contributed by atoms with Gasteiger partial charge in [0.15, 0.2) is 23.1 Å². The van der Waals surface area contributed by atoms with Gasteiger partial charge in [-0.2, -0.15) is 0 Å². The number of carbonyl (C=O) groups excluding carboxylic acids is 4. The number of Topliss-reactive ketones (excluding diaryl/α,β-unsaturated/α-hetero) is 4. The molecule has 0 fully saturated rings. The molecule has 2 aromatic rings. The molecule has 3 unspecified atom stereocenters. The van der Waals surface area contributed by atoms with Gasteiger partial charge in [-0.05, 0) is 49.7 Å². The number of rotatable bonds is 6. The summed E-state index contributed by atoms with van der Waals surface area (Å²) in [5.74, 6) is -2.91. The molecule has 3 N–H and O–H groups in total. The number of phenols is 1. The van der Waals surface area contributed by atoms with E-state index in [4.69, 9.17) is 0 Å². The number of phenolic OH excluding ortho intramolecular Hbond substituents is 1. The lowest BCUT2D eigenvalue weighted by atomic mass is 9.70. The molecule has 0 aliphatic heterocycles. The number of hydrogen-bond acceptors (Lipinski definition) is 7. The second kappa shape index (κ2) is 9.58. The maximum atomic E-state index is 13.1. The molecule has 0 bridgehead atoms. The van der Waals surface area contributed by atoms with E-state index < -0.39 is 24.1 Å². The minimum atomic E-state index is -0.725. The van der Waals surface area contributed by atoms with E-state index in [1.54, 1.807) is 30.3 Å². The molecule has 7 heteroatoms. The fourth-order valence-electron chi connectivity index (χ4n) is 5.47. The van der Waals surface area contributed by atoms with Crippen molar-refractivity contribution in [3.63, 3.8) is 0 Å². The average Bonchev–Trinajstić information content (AvgIpc) is 2.79. The van der Waals surface area contributed by atoms with Gasteiger partial charge in [0, 0.05) is 29.9 Å². The quantitative estimate of drug-likeness (QED) is 0.425. The van der Waals surface area contributed by atoms with E-state index in [1.165, 1.54) is 13.8 Å². The van der Waals surface area contributed by atoms with Crippen molar-refractivity contribution in [3.8, 4) is 16.9 Å². The lowest BCUT2D eigenvalue weighted by Crippen LogP contribution is -2.35. The minimum absolute atomic E-state index is 0.0300. The second-order valence-corrected chi connectivity index (χ2v) is 9.56. The average molecular weight is 477 g/mol. The van der Waals surface area contributed by atoms with Gasteiger partial charge in [0.1, 0.15) is 11.5 Å². The van der Waals surface area contributed by atoms with Crippen LogP contribution in [0.2, 0.25) is 0 Å². The summed E-state index contributed by atoms with van der Waals surface area (Å²) in [5, 5.41) is 31.2. The van der Waals surface area contributed by atoms with Crippen LogP contribution in [0.3, 0.4) is 0 Å². The molecule has 0 saturated carbocycles. The zero-order valence-corrected chi connectivity index (χ0v) is 19.7. The minimum Gasteiger partial charge on any atom is -0.511 e. The summed E-state index contributed by atoms with van der Waals surface area (Å²) in [7, 11) is 0. The van der Waals surface area contributed by atoms with E-state index in [9.17, 15) is 34.5 Å². The first-order valence-electron chi connectivity index (χ1n) is 11.7. The van der Waals surface area contributed by atoms with Gasteiger partial charge in [0.25, 0.3) is 0 Å². The lowest BCUT2D eigenvalue weighted by molar-refractivity contribution is -0.123. The number of aliphatic hydroxyl groups is 2. The summed E-state index contributed by atoms with van der Waals surface area (Å²) < 4.78 is 0. The zero-order chi connectivity index (χ0) is 25.4. The van der Waals surface area contributed by atoms with Gasteiger partial charge in [-0.15, -0.1) is 0 Å². The smallest absolute Gasteiger partial charge is 0.170 e. The monoisotopic (exact) mass is 476 g/mol. The zero-order valence-electron chi connectivity index (χ0n) is 19.7. The van der Waals surface area contributed by atoms with Crippen LogP contribution in [-0.4, -0.2) is 45.1 Å². The van der Waals surface area contributed by atoms with Crippen LogP contribution >= 0.6 is 0 Å². The highest BCUT2D eigenvalue weighted by molar-refractivity contribution is 6.20. The predicted molar refractivity (Wildman–Crippen MR) is 128 cm³/mol. The summed E-state index contributed by atoms with van der Waals surface area (Å²) in [6.45, 7) is 2.30. The number of allylic oxidation sites excluding steroid dienone is 1. The number of ketones is 4. The molecule has 35 heavy (non-hydrogen) atoms. The molecule has 2 aromatic carbocycles. The molecule has 2 aliphatic rings. The molecule has 4 rings (SSSR count). The number of aliphatic hydroxyl groups excluding tert-OH is 2. The van der Waals surface area contributed by atoms with Crippen molar-refractivity contribution in [2.75, 3.05) is 6.61 Å². The van der Waals surface area contributed by atoms with Gasteiger partial charge < -0.3 is 15.3 Å². The third-order valence-electron chi connectivity index (χ3n) is 7.22. The van der Waals surface area contributed by atoms with Crippen LogP contribution in [0.15, 0.2) is 47.7 Å². The Labute approximate surface area is 203 Å². The first kappa shape index (κ1) is 24.5. The number of aromatic hydroxyl groups is 1. The number of benzene rings is 2. The van der Waals surface area contributed by atoms with Gasteiger partial charge in [0.05, 0.1) is 17.7 Å². The third-order valence-corrected chi connectivity index (χ3v) is 7.22. The van der Waals surface area contributed by atoms with Crippen molar-refractivity contribution in [1.82, 2.24) is 0 Å². The Morgan fingerprint density at radius 1 is 0.886 bits per heavy atom. The Bertz CT molecular complexity index is 1250. The molecule has 0 radical (unpaired) electrons. The Hall–Kier alpha value is -3.58. The van der Waals surface area contributed by atoms with Crippen LogP contribution in [0.1, 0.15) is 59.4 Å². The second-order valence-electron chi connectivity index (χ2n) is 9.56. The fraction of sp³-hybridized carbons (Fsp3) is 0.357. The fourth-order valence-corrected chi connectivity index (χ4v) is 5.47. The standard InChI is InChI=1S/C28H28O7/c1-14(30)17-3-5-18(6-4-17)21-8-7-19-9-16(11-23(32)26(19)27(21)34)10-20-12-24(33)25(15(2)31)28(35)22(20)13-29/h3-8,16,20,22,29,34-35H,9-13H2,1-2H3. The maximum absolute atomic E-state index is 13.1. The Morgan fingerprint density at radius 3 is 2.17 bits per heavy atom. The van der Waals surface area contributed by atoms with Crippen molar-refractivity contribution in [2.45, 2.75) is 39.5 Å². The largest absolute Gasteiger partial charge is 0.511 e. The van der Waals surface area contributed by atoms with Gasteiger partial charge in [0.2, 0.25) is 0 Å². The van der Waals surface area contributed by atoms with Crippen molar-refractivity contribution in [3.05, 3.63) is 64.4 Å². The van der Waals surface area contributed by atoms with Crippen LogP contribution < -0.4 is 0 Å². The number of hydrogen-bond donors (Lipinski definition) is 3. The molecule has 0 saturated heterocycles. The van der Waals surface area contributed by atoms with E-state index in [0.29, 0.717) is 35.1 Å². The Morgan fingerprint density at radius 2 is 1.57 bits per heavy atom. The highest BCUT2D eigenvalue weighted by Crippen LogP contribution is 2.42. The molecule has 0 amide bonds. The van der Waals surface area contributed by atoms with Crippen LogP contribution in [0.4, 0.5) is 0 Å². The molecule has 0 aromatic heterocycles. The SMILES string of the molecule is CC(=O)C1=C(O)C(CO)C(CC2CC(=O)c3c(ccc(-c4ccc(C(C)=O)cc4)c3O)C2)CC1=O. The topological polar surface area (TPSA) is 129 Å². The lowest BCUT2D eigenvalue weighted by Gasteiger charge is -2.34. The maximum Gasteiger partial charge on any atom is 0.170 e. The predicted octanol–water partition coefficient (Wildman–Crippen LogP) is 4.00. The normalized spacial score (nSPS) is 22.2. The van der Waals surface area contributed by atoms with Crippen molar-refractivity contribution in [2.24, 2.45) is 17.8 Å². The summed E-state index contributed by atoms with van der Waals surface area (Å²) in [6, 6.07) is 10.4. The molecular weight excluding hydrogens is 448 g/mol. The van der Waals surface area contributed by atoms with Crippen LogP contribution in [0, 0.1) is 17.8 Å². The highest BCUT2D eigenvalue weighted by Gasteiger charge is 2.40. The molecule has 182 valence electrons. The van der Waals surface area contributed by atoms with Crippen LogP contribution in [-0.2, 0) is 16.0 Å². The summed E-state index contributed by atoms with van der Waals surface area (Å²) in [5.41, 5.74) is 2.52. The van der Waals surface area contributed by atoms with Gasteiger partial charge in [-0.25, -0.2) is 0 Å². The van der Waals surface area contributed by atoms with E-state index in [2.05, 4.69) is 0 Å². The van der Waals surface area contributed by atoms with Crippen LogP contribution in [0.5, 0.6) is 5.75 Å². The van der Waals surface area contributed by atoms with Crippen molar-refractivity contribution in [1.29, 1.82) is 0 Å². The highest BCUT2D eigenvalue weighted by atomic mass is 16.3. The summed E-state index contributed by atoms with van der Waals surface area (Å²) in [4.78, 5) is 48.8. The van der Waals surface area contributed by atoms with Crippen molar-refractivity contribution >= 4 is 23.1 Å². The van der Waals surface area contributed by atoms with E-state index in [0.717, 1.165) is 0 Å². The van der Waals surface area contributed by atoms with Crippen molar-refractivity contribution < 1.29 is 34.5 Å². The molecule has 3 atom stereocenters. The summed E-state index contributed by atoms with van der Waals surface area (Å²) >= 11 is 0. The summed E-state index contributed by atoms with van der Waals surface area (Å²) in [6.07, 6.45) is 1.12. The van der Waals surface area contributed by atoms with Gasteiger partial charge in [-0.3, -0.25) is 19.2 Å². The molecular formula is C28H28O7. The van der Waals surface area contributed by atoms with Gasteiger partial charge >= 0.3 is 0 Å². The van der Waals surface area contributed by atoms with Gasteiger partial charge in [-0.1, -0.05) is 36.4 Å². The number of carbonyl (C=O) groups is 4. The Balaban J connectivity index is 1.57. The van der Waals surface area contributed by atoms with Crippen LogP contribution in [0.25, 0.3) is 11.1 Å². The first-order chi connectivity index (χ1) is 16.6. The van der Waals surface area contributed by atoms with E-state index in [1.807, 2.05) is 6.07 Å². The third kappa shape index (κ3) is 4.56. The molecule has 0 spiro atoms. The molecule has 2 aliphatic carbocycles. The number of fused-ring (bicyclic) bond motifs is 1. The molecule has 0 heterocycles. The molecule has 7 nitrogen and oxygen atoms in total.